The normalized spacial score (nSPS) is 19.2. The number of carbonyl (C=O) groups excluding carboxylic acids is 1. The minimum atomic E-state index is -0.834. The Bertz CT molecular complexity index is 662. The van der Waals surface area contributed by atoms with Crippen LogP contribution in [0.3, 0.4) is 0 Å². The standard InChI is InChI=1S/C17H22N4O3/c1-3-21(10-16(22)23)14-7-13(8-14)19-17(24)20-15-6-4-5-12(9-18)11(15)2/h4-6,13-14H,3,7-8,10H2,1-2H3,(H,22,23)(H2,19,20,24). The average Bonchev–Trinajstić information content (AvgIpc) is 2.50. The van der Waals surface area contributed by atoms with E-state index in [0.29, 0.717) is 17.8 Å². The van der Waals surface area contributed by atoms with Gasteiger partial charge in [-0.05, 0) is 44.0 Å². The van der Waals surface area contributed by atoms with Crippen molar-refractivity contribution in [2.45, 2.75) is 38.8 Å². The molecule has 7 nitrogen and oxygen atoms in total. The van der Waals surface area contributed by atoms with Crippen LogP contribution in [-0.4, -0.2) is 47.2 Å². The fourth-order valence-electron chi connectivity index (χ4n) is 2.91. The summed E-state index contributed by atoms with van der Waals surface area (Å²) in [6.07, 6.45) is 1.48. The summed E-state index contributed by atoms with van der Waals surface area (Å²) in [7, 11) is 0. The van der Waals surface area contributed by atoms with Crippen LogP contribution < -0.4 is 10.6 Å². The number of aliphatic carboxylic acids is 1. The quantitative estimate of drug-likeness (QED) is 0.739. The lowest BCUT2D eigenvalue weighted by Crippen LogP contribution is -2.55. The number of rotatable bonds is 6. The zero-order chi connectivity index (χ0) is 17.7. The van der Waals surface area contributed by atoms with Crippen LogP contribution in [0.25, 0.3) is 0 Å². The highest BCUT2D eigenvalue weighted by molar-refractivity contribution is 5.90. The summed E-state index contributed by atoms with van der Waals surface area (Å²) in [5, 5.41) is 23.5. The predicted octanol–water partition coefficient (Wildman–Crippen LogP) is 1.93. The third-order valence-corrected chi connectivity index (χ3v) is 4.41. The number of hydrogen-bond donors (Lipinski definition) is 3. The van der Waals surface area contributed by atoms with Gasteiger partial charge in [0.1, 0.15) is 0 Å². The van der Waals surface area contributed by atoms with Crippen LogP contribution in [0, 0.1) is 18.3 Å². The maximum Gasteiger partial charge on any atom is 0.319 e. The zero-order valence-electron chi connectivity index (χ0n) is 13.9. The molecule has 0 unspecified atom stereocenters. The number of carboxylic acid groups (broad SMARTS) is 1. The smallest absolute Gasteiger partial charge is 0.319 e. The molecule has 128 valence electrons. The van der Waals surface area contributed by atoms with Crippen molar-refractivity contribution in [2.75, 3.05) is 18.4 Å². The van der Waals surface area contributed by atoms with Crippen LogP contribution in [0.5, 0.6) is 0 Å². The maximum absolute atomic E-state index is 12.1. The molecule has 7 heteroatoms. The number of nitriles is 1. The van der Waals surface area contributed by atoms with Crippen LogP contribution in [0.4, 0.5) is 10.5 Å². The predicted molar refractivity (Wildman–Crippen MR) is 89.7 cm³/mol. The van der Waals surface area contributed by atoms with Crippen molar-refractivity contribution in [1.29, 1.82) is 5.26 Å². The van der Waals surface area contributed by atoms with Crippen LogP contribution in [0.15, 0.2) is 18.2 Å². The Balaban J connectivity index is 1.83. The largest absolute Gasteiger partial charge is 0.480 e. The molecule has 0 heterocycles. The fourth-order valence-corrected chi connectivity index (χ4v) is 2.91. The molecule has 1 fully saturated rings. The number of likely N-dealkylation sites (N-methyl/N-ethyl adjacent to an activating group) is 1. The number of carbonyl (C=O) groups is 2. The van der Waals surface area contributed by atoms with Crippen molar-refractivity contribution < 1.29 is 14.7 Å². The van der Waals surface area contributed by atoms with E-state index in [1.165, 1.54) is 0 Å². The molecule has 0 atom stereocenters. The van der Waals surface area contributed by atoms with Crippen LogP contribution in [0.1, 0.15) is 30.9 Å². The third-order valence-electron chi connectivity index (χ3n) is 4.41. The highest BCUT2D eigenvalue weighted by Crippen LogP contribution is 2.26. The first kappa shape index (κ1) is 17.8. The summed E-state index contributed by atoms with van der Waals surface area (Å²) < 4.78 is 0. The lowest BCUT2D eigenvalue weighted by molar-refractivity contribution is -0.139. The van der Waals surface area contributed by atoms with Gasteiger partial charge in [-0.3, -0.25) is 9.69 Å². The van der Waals surface area contributed by atoms with Gasteiger partial charge in [-0.25, -0.2) is 4.79 Å². The van der Waals surface area contributed by atoms with Crippen molar-refractivity contribution in [2.24, 2.45) is 0 Å². The zero-order valence-corrected chi connectivity index (χ0v) is 13.9. The Hall–Kier alpha value is -2.59. The van der Waals surface area contributed by atoms with E-state index in [1.54, 1.807) is 25.1 Å². The van der Waals surface area contributed by atoms with E-state index in [2.05, 4.69) is 16.7 Å². The molecule has 1 aromatic carbocycles. The summed E-state index contributed by atoms with van der Waals surface area (Å²) in [6, 6.07) is 7.20. The van der Waals surface area contributed by atoms with Gasteiger partial charge in [0.15, 0.2) is 0 Å². The SMILES string of the molecule is CCN(CC(=O)O)C1CC(NC(=O)Nc2cccc(C#N)c2C)C1. The number of benzene rings is 1. The van der Waals surface area contributed by atoms with Gasteiger partial charge in [-0.2, -0.15) is 5.26 Å². The van der Waals surface area contributed by atoms with Gasteiger partial charge in [0.05, 0.1) is 18.2 Å². The van der Waals surface area contributed by atoms with Crippen molar-refractivity contribution in [3.8, 4) is 6.07 Å². The number of urea groups is 1. The molecular formula is C17H22N4O3. The van der Waals surface area contributed by atoms with Gasteiger partial charge in [0.2, 0.25) is 0 Å². The van der Waals surface area contributed by atoms with Gasteiger partial charge >= 0.3 is 12.0 Å². The molecule has 0 aromatic heterocycles. The van der Waals surface area contributed by atoms with Crippen LogP contribution in [-0.2, 0) is 4.79 Å². The Morgan fingerprint density at radius 3 is 2.71 bits per heavy atom. The molecule has 1 aromatic rings. The Morgan fingerprint density at radius 2 is 2.12 bits per heavy atom. The summed E-state index contributed by atoms with van der Waals surface area (Å²) in [5.74, 6) is -0.834. The lowest BCUT2D eigenvalue weighted by Gasteiger charge is -2.42. The highest BCUT2D eigenvalue weighted by atomic mass is 16.4. The summed E-state index contributed by atoms with van der Waals surface area (Å²) in [6.45, 7) is 4.43. The molecule has 1 aliphatic carbocycles. The van der Waals surface area contributed by atoms with Crippen molar-refractivity contribution in [3.05, 3.63) is 29.3 Å². The minimum absolute atomic E-state index is 0.0280. The topological polar surface area (TPSA) is 105 Å². The van der Waals surface area contributed by atoms with Crippen molar-refractivity contribution in [1.82, 2.24) is 10.2 Å². The van der Waals surface area contributed by atoms with E-state index in [9.17, 15) is 9.59 Å². The number of nitrogens with one attached hydrogen (secondary N) is 2. The first-order valence-electron chi connectivity index (χ1n) is 7.97. The second kappa shape index (κ2) is 7.79. The molecule has 1 saturated carbocycles. The van der Waals surface area contributed by atoms with Crippen molar-refractivity contribution >= 4 is 17.7 Å². The molecule has 0 bridgehead atoms. The molecule has 1 aliphatic rings. The molecule has 0 spiro atoms. The molecule has 2 amide bonds. The van der Waals surface area contributed by atoms with E-state index < -0.39 is 5.97 Å². The summed E-state index contributed by atoms with van der Waals surface area (Å²) in [4.78, 5) is 24.8. The molecule has 2 rings (SSSR count). The average molecular weight is 330 g/mol. The van der Waals surface area contributed by atoms with Crippen LogP contribution >= 0.6 is 0 Å². The van der Waals surface area contributed by atoms with Crippen molar-refractivity contribution in [3.63, 3.8) is 0 Å². The van der Waals surface area contributed by atoms with Gasteiger partial charge < -0.3 is 15.7 Å². The third kappa shape index (κ3) is 4.24. The Kier molecular flexibility index (Phi) is 5.77. The molecule has 24 heavy (non-hydrogen) atoms. The molecular weight excluding hydrogens is 308 g/mol. The number of nitrogens with zero attached hydrogens (tertiary/aromatic N) is 2. The Morgan fingerprint density at radius 1 is 1.42 bits per heavy atom. The van der Waals surface area contributed by atoms with E-state index in [4.69, 9.17) is 10.4 Å². The number of anilines is 1. The first-order chi connectivity index (χ1) is 11.4. The van der Waals surface area contributed by atoms with Gasteiger partial charge in [-0.1, -0.05) is 13.0 Å². The second-order valence-corrected chi connectivity index (χ2v) is 5.97. The van der Waals surface area contributed by atoms with E-state index >= 15 is 0 Å². The monoisotopic (exact) mass is 330 g/mol. The highest BCUT2D eigenvalue weighted by Gasteiger charge is 2.34. The Labute approximate surface area is 141 Å². The fraction of sp³-hybridized carbons (Fsp3) is 0.471. The molecule has 0 saturated heterocycles. The van der Waals surface area contributed by atoms with Crippen LogP contribution in [0.2, 0.25) is 0 Å². The van der Waals surface area contributed by atoms with E-state index in [-0.39, 0.29) is 24.7 Å². The summed E-state index contributed by atoms with van der Waals surface area (Å²) >= 11 is 0. The summed E-state index contributed by atoms with van der Waals surface area (Å²) in [5.41, 5.74) is 1.88. The number of carboxylic acids is 1. The van der Waals surface area contributed by atoms with E-state index in [0.717, 1.165) is 18.4 Å². The molecule has 0 radical (unpaired) electrons. The van der Waals surface area contributed by atoms with Gasteiger partial charge in [0, 0.05) is 17.8 Å². The first-order valence-corrected chi connectivity index (χ1v) is 7.97. The molecule has 0 aliphatic heterocycles. The number of amides is 2. The maximum atomic E-state index is 12.1. The lowest BCUT2D eigenvalue weighted by atomic mass is 9.85. The van der Waals surface area contributed by atoms with Gasteiger partial charge in [0.25, 0.3) is 0 Å². The second-order valence-electron chi connectivity index (χ2n) is 5.97. The van der Waals surface area contributed by atoms with Gasteiger partial charge in [-0.15, -0.1) is 0 Å². The molecule has 3 N–H and O–H groups in total. The van der Waals surface area contributed by atoms with E-state index in [1.807, 2.05) is 11.8 Å². The minimum Gasteiger partial charge on any atom is -0.480 e. The number of hydrogen-bond acceptors (Lipinski definition) is 4.